The van der Waals surface area contributed by atoms with Crippen LogP contribution in [-0.4, -0.2) is 36.5 Å². The van der Waals surface area contributed by atoms with Gasteiger partial charge in [0.05, 0.1) is 20.1 Å². The minimum absolute atomic E-state index is 0.304. The Labute approximate surface area is 109 Å². The third-order valence-corrected chi connectivity index (χ3v) is 3.69. The van der Waals surface area contributed by atoms with Crippen molar-refractivity contribution in [2.75, 3.05) is 26.9 Å². The number of hydrogen-bond acceptors (Lipinski definition) is 1. The Morgan fingerprint density at radius 2 is 1.12 bits per heavy atom. The predicted octanol–water partition coefficient (Wildman–Crippen LogP) is 3.93. The minimum atomic E-state index is 0.304. The van der Waals surface area contributed by atoms with Gasteiger partial charge in [-0.3, -0.25) is 0 Å². The van der Waals surface area contributed by atoms with Crippen molar-refractivity contribution in [1.29, 1.82) is 0 Å². The number of nitrogens with zero attached hydrogens (tertiary/aromatic N) is 1. The molecular formula is C15H34NO+. The molecule has 1 unspecified atom stereocenters. The third-order valence-electron chi connectivity index (χ3n) is 3.69. The Hall–Kier alpha value is -0.0800. The summed E-state index contributed by atoms with van der Waals surface area (Å²) in [6.07, 6.45) is 11.9. The second kappa shape index (κ2) is 11.0. The number of rotatable bonds is 12. The molecule has 0 aromatic carbocycles. The molecule has 0 saturated carbocycles. The first-order valence-corrected chi connectivity index (χ1v) is 7.63. The van der Waals surface area contributed by atoms with Gasteiger partial charge in [0.1, 0.15) is 0 Å². The van der Waals surface area contributed by atoms with Crippen LogP contribution in [0.2, 0.25) is 0 Å². The van der Waals surface area contributed by atoms with E-state index in [2.05, 4.69) is 20.9 Å². The Bertz CT molecular complexity index is 161. The zero-order valence-corrected chi connectivity index (χ0v) is 12.4. The van der Waals surface area contributed by atoms with Crippen molar-refractivity contribution >= 4 is 0 Å². The van der Waals surface area contributed by atoms with Gasteiger partial charge in [-0.1, -0.05) is 46.0 Å². The van der Waals surface area contributed by atoms with E-state index >= 15 is 0 Å². The summed E-state index contributed by atoms with van der Waals surface area (Å²) < 4.78 is 0.855. The topological polar surface area (TPSA) is 20.2 Å². The summed E-state index contributed by atoms with van der Waals surface area (Å²) in [7, 11) is 2.20. The first-order chi connectivity index (χ1) is 8.18. The highest BCUT2D eigenvalue weighted by atomic mass is 16.3. The van der Waals surface area contributed by atoms with Crippen LogP contribution in [0.5, 0.6) is 0 Å². The highest BCUT2D eigenvalue weighted by Gasteiger charge is 2.18. The largest absolute Gasteiger partial charge is 0.347 e. The van der Waals surface area contributed by atoms with Crippen LogP contribution in [0.3, 0.4) is 0 Å². The van der Waals surface area contributed by atoms with Gasteiger partial charge in [0.15, 0.2) is 6.73 Å². The van der Waals surface area contributed by atoms with Crippen LogP contribution in [0, 0.1) is 0 Å². The number of unbranched alkanes of at least 4 members (excludes halogenated alkanes) is 7. The van der Waals surface area contributed by atoms with E-state index in [4.69, 9.17) is 0 Å². The second-order valence-corrected chi connectivity index (χ2v) is 5.68. The molecule has 0 saturated heterocycles. The molecule has 0 aliphatic carbocycles. The van der Waals surface area contributed by atoms with Gasteiger partial charge in [0.25, 0.3) is 0 Å². The number of hydrogen-bond donors (Lipinski definition) is 1. The molecule has 1 atom stereocenters. The SMILES string of the molecule is CCCCCCCC[N+](C)(CO)CCCCC. The lowest BCUT2D eigenvalue weighted by Crippen LogP contribution is -2.46. The smallest absolute Gasteiger partial charge is 0.180 e. The predicted molar refractivity (Wildman–Crippen MR) is 75.9 cm³/mol. The molecule has 2 nitrogen and oxygen atoms in total. The maximum absolute atomic E-state index is 9.50. The highest BCUT2D eigenvalue weighted by molar-refractivity contribution is 4.45. The monoisotopic (exact) mass is 244 g/mol. The van der Waals surface area contributed by atoms with Gasteiger partial charge in [-0.15, -0.1) is 0 Å². The maximum Gasteiger partial charge on any atom is 0.180 e. The third kappa shape index (κ3) is 9.61. The molecule has 0 amide bonds. The van der Waals surface area contributed by atoms with Gasteiger partial charge in [-0.25, -0.2) is 0 Å². The van der Waals surface area contributed by atoms with E-state index in [0.29, 0.717) is 6.73 Å². The Morgan fingerprint density at radius 1 is 0.706 bits per heavy atom. The summed E-state index contributed by atoms with van der Waals surface area (Å²) in [4.78, 5) is 0. The fourth-order valence-corrected chi connectivity index (χ4v) is 2.27. The van der Waals surface area contributed by atoms with E-state index in [-0.39, 0.29) is 0 Å². The molecule has 0 aromatic rings. The van der Waals surface area contributed by atoms with Crippen LogP contribution in [0.25, 0.3) is 0 Å². The average molecular weight is 244 g/mol. The van der Waals surface area contributed by atoms with Crippen molar-refractivity contribution in [2.45, 2.75) is 71.6 Å². The van der Waals surface area contributed by atoms with Crippen LogP contribution in [-0.2, 0) is 0 Å². The van der Waals surface area contributed by atoms with E-state index in [1.54, 1.807) is 0 Å². The zero-order valence-electron chi connectivity index (χ0n) is 12.4. The number of aliphatic hydroxyl groups excluding tert-OH is 1. The first-order valence-electron chi connectivity index (χ1n) is 7.63. The first kappa shape index (κ1) is 16.9. The lowest BCUT2D eigenvalue weighted by Gasteiger charge is -2.32. The molecular weight excluding hydrogens is 210 g/mol. The molecule has 0 rings (SSSR count). The van der Waals surface area contributed by atoms with Crippen molar-refractivity contribution in [1.82, 2.24) is 0 Å². The average Bonchev–Trinajstić information content (AvgIpc) is 2.34. The molecule has 0 spiro atoms. The highest BCUT2D eigenvalue weighted by Crippen LogP contribution is 2.11. The summed E-state index contributed by atoms with van der Waals surface area (Å²) >= 11 is 0. The summed E-state index contributed by atoms with van der Waals surface area (Å²) in [5.74, 6) is 0. The van der Waals surface area contributed by atoms with E-state index in [0.717, 1.165) is 17.6 Å². The molecule has 104 valence electrons. The van der Waals surface area contributed by atoms with Gasteiger partial charge in [-0.2, -0.15) is 0 Å². The van der Waals surface area contributed by atoms with Crippen molar-refractivity contribution in [2.24, 2.45) is 0 Å². The van der Waals surface area contributed by atoms with Crippen LogP contribution in [0.15, 0.2) is 0 Å². The molecule has 1 N–H and O–H groups in total. The van der Waals surface area contributed by atoms with E-state index < -0.39 is 0 Å². The summed E-state index contributed by atoms with van der Waals surface area (Å²) in [6, 6.07) is 0. The zero-order chi connectivity index (χ0) is 13.0. The van der Waals surface area contributed by atoms with Crippen molar-refractivity contribution in [3.05, 3.63) is 0 Å². The lowest BCUT2D eigenvalue weighted by molar-refractivity contribution is -0.927. The molecule has 0 bridgehead atoms. The van der Waals surface area contributed by atoms with Crippen molar-refractivity contribution in [3.63, 3.8) is 0 Å². The minimum Gasteiger partial charge on any atom is -0.347 e. The number of quaternary nitrogens is 1. The van der Waals surface area contributed by atoms with Gasteiger partial charge in [0, 0.05) is 0 Å². The van der Waals surface area contributed by atoms with Gasteiger partial charge < -0.3 is 9.59 Å². The van der Waals surface area contributed by atoms with Crippen LogP contribution >= 0.6 is 0 Å². The van der Waals surface area contributed by atoms with Crippen LogP contribution in [0.1, 0.15) is 71.6 Å². The molecule has 0 heterocycles. The molecule has 2 heteroatoms. The standard InChI is InChI=1S/C15H34NO/c1-4-6-8-9-10-12-14-16(3,15-17)13-11-7-5-2/h17H,4-15H2,1-3H3/q+1. The molecule has 0 aromatic heterocycles. The van der Waals surface area contributed by atoms with Crippen molar-refractivity contribution < 1.29 is 9.59 Å². The molecule has 17 heavy (non-hydrogen) atoms. The Balaban J connectivity index is 3.57. The fraction of sp³-hybridized carbons (Fsp3) is 1.00. The summed E-state index contributed by atoms with van der Waals surface area (Å²) in [6.45, 7) is 7.08. The fourth-order valence-electron chi connectivity index (χ4n) is 2.27. The summed E-state index contributed by atoms with van der Waals surface area (Å²) in [5.41, 5.74) is 0. The molecule has 0 fully saturated rings. The van der Waals surface area contributed by atoms with E-state index in [1.807, 2.05) is 0 Å². The molecule has 0 radical (unpaired) electrons. The molecule has 0 aliphatic rings. The van der Waals surface area contributed by atoms with Crippen LogP contribution < -0.4 is 0 Å². The second-order valence-electron chi connectivity index (χ2n) is 5.68. The van der Waals surface area contributed by atoms with E-state index in [9.17, 15) is 5.11 Å². The Morgan fingerprint density at radius 3 is 1.65 bits per heavy atom. The Kier molecular flexibility index (Phi) is 11.0. The van der Waals surface area contributed by atoms with Gasteiger partial charge >= 0.3 is 0 Å². The lowest BCUT2D eigenvalue weighted by atomic mass is 10.1. The quantitative estimate of drug-likeness (QED) is 0.313. The van der Waals surface area contributed by atoms with Crippen molar-refractivity contribution in [3.8, 4) is 0 Å². The normalized spacial score (nSPS) is 14.8. The van der Waals surface area contributed by atoms with Gasteiger partial charge in [0.2, 0.25) is 0 Å². The number of aliphatic hydroxyl groups is 1. The summed E-state index contributed by atoms with van der Waals surface area (Å²) in [5, 5.41) is 9.50. The van der Waals surface area contributed by atoms with Crippen LogP contribution in [0.4, 0.5) is 0 Å². The molecule has 0 aliphatic heterocycles. The van der Waals surface area contributed by atoms with E-state index in [1.165, 1.54) is 57.8 Å². The maximum atomic E-state index is 9.50. The van der Waals surface area contributed by atoms with Gasteiger partial charge in [-0.05, 0) is 25.7 Å².